The van der Waals surface area contributed by atoms with E-state index in [0.29, 0.717) is 13.1 Å². The lowest BCUT2D eigenvalue weighted by molar-refractivity contribution is -0.146. The number of aliphatic carboxylic acids is 1. The number of carboxylic acids is 1. The van der Waals surface area contributed by atoms with Crippen molar-refractivity contribution in [2.75, 3.05) is 13.1 Å². The Labute approximate surface area is 127 Å². The van der Waals surface area contributed by atoms with Crippen molar-refractivity contribution in [2.45, 2.75) is 46.1 Å². The summed E-state index contributed by atoms with van der Waals surface area (Å²) in [5.74, 6) is -1.51. The molecule has 1 aliphatic rings. The van der Waals surface area contributed by atoms with Crippen LogP contribution in [-0.2, 0) is 9.53 Å². The van der Waals surface area contributed by atoms with Crippen molar-refractivity contribution in [2.24, 2.45) is 17.8 Å². The van der Waals surface area contributed by atoms with Crippen molar-refractivity contribution in [1.82, 2.24) is 4.90 Å². The first-order valence-corrected chi connectivity index (χ1v) is 7.49. The number of hydrogen-bond acceptors (Lipinski definition) is 3. The fourth-order valence-electron chi connectivity index (χ4n) is 2.80. The molecular formula is C16H27NO4. The van der Waals surface area contributed by atoms with E-state index in [9.17, 15) is 14.7 Å². The number of likely N-dealkylation sites (tertiary alicyclic amines) is 1. The fraction of sp³-hybridized carbons (Fsp3) is 0.750. The number of hydrogen-bond donors (Lipinski definition) is 1. The van der Waals surface area contributed by atoms with Crippen LogP contribution in [0.25, 0.3) is 0 Å². The summed E-state index contributed by atoms with van der Waals surface area (Å²) >= 11 is 0. The predicted molar refractivity (Wildman–Crippen MR) is 81.0 cm³/mol. The molecular weight excluding hydrogens is 270 g/mol. The number of carbonyl (C=O) groups is 2. The second-order valence-electron chi connectivity index (χ2n) is 6.79. The van der Waals surface area contributed by atoms with Gasteiger partial charge in [0, 0.05) is 13.1 Å². The minimum atomic E-state index is -0.821. The number of carboxylic acid groups (broad SMARTS) is 1. The first kappa shape index (κ1) is 17.5. The molecule has 1 heterocycles. The van der Waals surface area contributed by atoms with Crippen LogP contribution >= 0.6 is 0 Å². The number of allylic oxidation sites excluding steroid dienone is 1. The number of rotatable bonds is 4. The number of nitrogens with zero attached hydrogens (tertiary/aromatic N) is 1. The third kappa shape index (κ3) is 5.06. The van der Waals surface area contributed by atoms with Gasteiger partial charge in [0.1, 0.15) is 5.60 Å². The molecule has 1 N–H and O–H groups in total. The molecule has 0 aromatic heterocycles. The molecule has 5 heteroatoms. The molecule has 1 fully saturated rings. The van der Waals surface area contributed by atoms with Crippen LogP contribution in [0.2, 0.25) is 0 Å². The Bertz CT molecular complexity index is 400. The number of ether oxygens (including phenoxy) is 1. The van der Waals surface area contributed by atoms with Crippen molar-refractivity contribution < 1.29 is 19.4 Å². The Kier molecular flexibility index (Phi) is 5.81. The van der Waals surface area contributed by atoms with Crippen LogP contribution in [0.1, 0.15) is 40.5 Å². The third-order valence-corrected chi connectivity index (χ3v) is 3.84. The average Bonchev–Trinajstić information content (AvgIpc) is 2.36. The minimum Gasteiger partial charge on any atom is -0.481 e. The fourth-order valence-corrected chi connectivity index (χ4v) is 2.80. The maximum Gasteiger partial charge on any atom is 0.410 e. The van der Waals surface area contributed by atoms with Crippen molar-refractivity contribution >= 4 is 12.1 Å². The minimum absolute atomic E-state index is 0.0585. The summed E-state index contributed by atoms with van der Waals surface area (Å²) in [7, 11) is 0. The van der Waals surface area contributed by atoms with Crippen molar-refractivity contribution in [3.63, 3.8) is 0 Å². The van der Waals surface area contributed by atoms with Crippen LogP contribution in [0.3, 0.4) is 0 Å². The molecule has 0 aliphatic carbocycles. The molecule has 1 aliphatic heterocycles. The Hall–Kier alpha value is -1.52. The Morgan fingerprint density at radius 3 is 2.52 bits per heavy atom. The number of amides is 1. The SMILES string of the molecule is C=CC(C)C(C(=O)O)C1CCCN(C(=O)OC(C)(C)C)C1. The Morgan fingerprint density at radius 2 is 2.05 bits per heavy atom. The molecule has 0 aromatic rings. The molecule has 0 saturated carbocycles. The van der Waals surface area contributed by atoms with Gasteiger partial charge in [0.25, 0.3) is 0 Å². The second-order valence-corrected chi connectivity index (χ2v) is 6.79. The summed E-state index contributed by atoms with van der Waals surface area (Å²) < 4.78 is 5.37. The first-order chi connectivity index (χ1) is 9.65. The molecule has 21 heavy (non-hydrogen) atoms. The lowest BCUT2D eigenvalue weighted by Crippen LogP contribution is -2.46. The summed E-state index contributed by atoms with van der Waals surface area (Å²) in [6.45, 7) is 12.1. The van der Waals surface area contributed by atoms with Gasteiger partial charge in [-0.3, -0.25) is 4.79 Å². The number of piperidine rings is 1. The van der Waals surface area contributed by atoms with Crippen molar-refractivity contribution in [1.29, 1.82) is 0 Å². The molecule has 3 unspecified atom stereocenters. The molecule has 1 amide bonds. The van der Waals surface area contributed by atoms with Crippen LogP contribution in [0.4, 0.5) is 4.79 Å². The van der Waals surface area contributed by atoms with Crippen LogP contribution < -0.4 is 0 Å². The van der Waals surface area contributed by atoms with Gasteiger partial charge in [-0.25, -0.2) is 4.79 Å². The highest BCUT2D eigenvalue weighted by atomic mass is 16.6. The van der Waals surface area contributed by atoms with Crippen molar-refractivity contribution in [3.05, 3.63) is 12.7 Å². The maximum atomic E-state index is 12.1. The normalized spacial score (nSPS) is 22.3. The van der Waals surface area contributed by atoms with Crippen LogP contribution in [0.5, 0.6) is 0 Å². The van der Waals surface area contributed by atoms with Gasteiger partial charge < -0.3 is 14.7 Å². The smallest absolute Gasteiger partial charge is 0.410 e. The second kappa shape index (κ2) is 6.96. The van der Waals surface area contributed by atoms with Gasteiger partial charge in [-0.15, -0.1) is 6.58 Å². The zero-order valence-corrected chi connectivity index (χ0v) is 13.5. The molecule has 5 nitrogen and oxygen atoms in total. The zero-order chi connectivity index (χ0) is 16.2. The molecule has 0 radical (unpaired) electrons. The third-order valence-electron chi connectivity index (χ3n) is 3.84. The average molecular weight is 297 g/mol. The summed E-state index contributed by atoms with van der Waals surface area (Å²) in [6, 6.07) is 0. The van der Waals surface area contributed by atoms with E-state index < -0.39 is 17.5 Å². The standard InChI is InChI=1S/C16H27NO4/c1-6-11(2)13(14(18)19)12-8-7-9-17(10-12)15(20)21-16(3,4)5/h6,11-13H,1,7-10H2,2-5H3,(H,18,19). The Balaban J connectivity index is 2.76. The van der Waals surface area contributed by atoms with E-state index in [4.69, 9.17) is 4.74 Å². The highest BCUT2D eigenvalue weighted by Gasteiger charge is 2.36. The molecule has 0 bridgehead atoms. The lowest BCUT2D eigenvalue weighted by Gasteiger charge is -2.37. The molecule has 120 valence electrons. The number of carbonyl (C=O) groups excluding carboxylic acids is 1. The van der Waals surface area contributed by atoms with Gasteiger partial charge in [0.05, 0.1) is 5.92 Å². The Morgan fingerprint density at radius 1 is 1.43 bits per heavy atom. The van der Waals surface area contributed by atoms with E-state index >= 15 is 0 Å². The largest absolute Gasteiger partial charge is 0.481 e. The quantitative estimate of drug-likeness (QED) is 0.809. The summed E-state index contributed by atoms with van der Waals surface area (Å²) in [5, 5.41) is 9.46. The highest BCUT2D eigenvalue weighted by molar-refractivity contribution is 5.72. The molecule has 1 rings (SSSR count). The molecule has 1 saturated heterocycles. The predicted octanol–water partition coefficient (Wildman–Crippen LogP) is 3.16. The van der Waals surface area contributed by atoms with Gasteiger partial charge in [0.2, 0.25) is 0 Å². The summed E-state index contributed by atoms with van der Waals surface area (Å²) in [5.41, 5.74) is -0.537. The monoisotopic (exact) mass is 297 g/mol. The van der Waals surface area contributed by atoms with Crippen LogP contribution in [-0.4, -0.2) is 40.8 Å². The van der Waals surface area contributed by atoms with E-state index in [1.54, 1.807) is 11.0 Å². The molecule has 0 aromatic carbocycles. The summed E-state index contributed by atoms with van der Waals surface area (Å²) in [6.07, 6.45) is 2.93. The van der Waals surface area contributed by atoms with Gasteiger partial charge >= 0.3 is 12.1 Å². The topological polar surface area (TPSA) is 66.8 Å². The van der Waals surface area contributed by atoms with Crippen LogP contribution in [0.15, 0.2) is 12.7 Å². The summed E-state index contributed by atoms with van der Waals surface area (Å²) in [4.78, 5) is 25.3. The van der Waals surface area contributed by atoms with Gasteiger partial charge in [-0.2, -0.15) is 0 Å². The van der Waals surface area contributed by atoms with E-state index in [2.05, 4.69) is 6.58 Å². The van der Waals surface area contributed by atoms with Crippen LogP contribution in [0, 0.1) is 17.8 Å². The van der Waals surface area contributed by atoms with E-state index in [1.165, 1.54) is 0 Å². The van der Waals surface area contributed by atoms with E-state index in [1.807, 2.05) is 27.7 Å². The van der Waals surface area contributed by atoms with Crippen molar-refractivity contribution in [3.8, 4) is 0 Å². The van der Waals surface area contributed by atoms with Gasteiger partial charge in [0.15, 0.2) is 0 Å². The maximum absolute atomic E-state index is 12.1. The van der Waals surface area contributed by atoms with Gasteiger partial charge in [-0.05, 0) is 45.4 Å². The zero-order valence-electron chi connectivity index (χ0n) is 13.5. The van der Waals surface area contributed by atoms with E-state index in [-0.39, 0.29) is 17.9 Å². The highest BCUT2D eigenvalue weighted by Crippen LogP contribution is 2.30. The first-order valence-electron chi connectivity index (χ1n) is 7.49. The molecule has 3 atom stereocenters. The van der Waals surface area contributed by atoms with E-state index in [0.717, 1.165) is 12.8 Å². The lowest BCUT2D eigenvalue weighted by atomic mass is 9.78. The molecule has 0 spiro atoms. The van der Waals surface area contributed by atoms with Gasteiger partial charge in [-0.1, -0.05) is 13.0 Å².